The standard InChI is InChI=1S/C18H17FN3O/c1-13-17(20-12-14-8-10-15(19)11-9-14)18(23)22(21(13)2)16-6-4-3-5-7-16/h3-12,17H,1-2H3/q+1. The van der Waals surface area contributed by atoms with E-state index in [9.17, 15) is 9.18 Å². The van der Waals surface area contributed by atoms with E-state index in [2.05, 4.69) is 4.99 Å². The Kier molecular flexibility index (Phi) is 4.02. The Morgan fingerprint density at radius 1 is 1.13 bits per heavy atom. The van der Waals surface area contributed by atoms with Gasteiger partial charge < -0.3 is 0 Å². The number of hydrogen-bond acceptors (Lipinski definition) is 2. The van der Waals surface area contributed by atoms with Gasteiger partial charge in [-0.15, -0.1) is 4.68 Å². The molecule has 1 aliphatic rings. The molecule has 0 saturated heterocycles. The van der Waals surface area contributed by atoms with Crippen molar-refractivity contribution < 1.29 is 13.9 Å². The number of hydrogen-bond donors (Lipinski definition) is 0. The lowest BCUT2D eigenvalue weighted by Crippen LogP contribution is -2.35. The number of amides is 1. The van der Waals surface area contributed by atoms with E-state index in [4.69, 9.17) is 0 Å². The SMILES string of the molecule is CC1=[N+](C)N(c2ccccc2)C(=O)C1N=Cc1ccc(F)cc1. The molecular formula is C18H17FN3O+. The van der Waals surface area contributed by atoms with Crippen molar-refractivity contribution in [2.45, 2.75) is 13.0 Å². The molecule has 0 aromatic heterocycles. The zero-order chi connectivity index (χ0) is 16.4. The summed E-state index contributed by atoms with van der Waals surface area (Å²) in [6.45, 7) is 1.88. The first-order valence-corrected chi connectivity index (χ1v) is 7.33. The average molecular weight is 310 g/mol. The van der Waals surface area contributed by atoms with E-state index >= 15 is 0 Å². The van der Waals surface area contributed by atoms with Crippen LogP contribution in [0.1, 0.15) is 12.5 Å². The first-order chi connectivity index (χ1) is 11.1. The van der Waals surface area contributed by atoms with E-state index in [0.29, 0.717) is 0 Å². The van der Waals surface area contributed by atoms with E-state index in [-0.39, 0.29) is 11.7 Å². The molecule has 2 aromatic rings. The number of halogens is 1. The fourth-order valence-corrected chi connectivity index (χ4v) is 2.53. The van der Waals surface area contributed by atoms with E-state index in [1.165, 1.54) is 12.1 Å². The van der Waals surface area contributed by atoms with Gasteiger partial charge in [0.25, 0.3) is 0 Å². The topological polar surface area (TPSA) is 35.7 Å². The van der Waals surface area contributed by atoms with Crippen molar-refractivity contribution in [1.82, 2.24) is 0 Å². The fraction of sp³-hybridized carbons (Fsp3) is 0.167. The Balaban J connectivity index is 1.87. The zero-order valence-corrected chi connectivity index (χ0v) is 13.0. The largest absolute Gasteiger partial charge is 0.318 e. The van der Waals surface area contributed by atoms with Gasteiger partial charge in [-0.3, -0.25) is 9.79 Å². The summed E-state index contributed by atoms with van der Waals surface area (Å²) in [4.78, 5) is 17.1. The number of anilines is 1. The zero-order valence-electron chi connectivity index (χ0n) is 13.0. The Morgan fingerprint density at radius 3 is 2.43 bits per heavy atom. The number of carbonyl (C=O) groups is 1. The molecule has 5 heteroatoms. The van der Waals surface area contributed by atoms with E-state index < -0.39 is 6.04 Å². The lowest BCUT2D eigenvalue weighted by molar-refractivity contribution is -0.495. The molecule has 0 spiro atoms. The normalized spacial score (nSPS) is 18.3. The van der Waals surface area contributed by atoms with Crippen LogP contribution >= 0.6 is 0 Å². The van der Waals surface area contributed by atoms with Gasteiger partial charge in [0, 0.05) is 13.1 Å². The number of hydrazone groups is 1. The van der Waals surface area contributed by atoms with Gasteiger partial charge in [0.2, 0.25) is 11.8 Å². The maximum atomic E-state index is 12.9. The highest BCUT2D eigenvalue weighted by molar-refractivity contribution is 6.15. The molecule has 0 saturated carbocycles. The third-order valence-electron chi connectivity index (χ3n) is 3.89. The number of para-hydroxylation sites is 1. The molecule has 23 heavy (non-hydrogen) atoms. The molecule has 0 bridgehead atoms. The second kappa shape index (κ2) is 6.12. The Hall–Kier alpha value is -2.82. The summed E-state index contributed by atoms with van der Waals surface area (Å²) < 4.78 is 14.7. The molecule has 1 unspecified atom stereocenters. The second-order valence-electron chi connectivity index (χ2n) is 5.38. The summed E-state index contributed by atoms with van der Waals surface area (Å²) in [7, 11) is 1.84. The minimum atomic E-state index is -0.565. The van der Waals surface area contributed by atoms with E-state index in [0.717, 1.165) is 17.0 Å². The average Bonchev–Trinajstić information content (AvgIpc) is 2.78. The summed E-state index contributed by atoms with van der Waals surface area (Å²) in [5, 5.41) is 1.61. The van der Waals surface area contributed by atoms with Gasteiger partial charge in [-0.25, -0.2) is 4.39 Å². The molecule has 0 fully saturated rings. The van der Waals surface area contributed by atoms with Gasteiger partial charge >= 0.3 is 5.91 Å². The molecule has 0 N–H and O–H groups in total. The molecule has 0 aliphatic carbocycles. The molecular weight excluding hydrogens is 293 g/mol. The number of benzene rings is 2. The predicted molar refractivity (Wildman–Crippen MR) is 88.6 cm³/mol. The summed E-state index contributed by atoms with van der Waals surface area (Å²) in [6, 6.07) is 14.9. The lowest BCUT2D eigenvalue weighted by atomic mass is 10.2. The van der Waals surface area contributed by atoms with Crippen LogP contribution in [0.2, 0.25) is 0 Å². The second-order valence-corrected chi connectivity index (χ2v) is 5.38. The van der Waals surface area contributed by atoms with Crippen molar-refractivity contribution in [3.63, 3.8) is 0 Å². The van der Waals surface area contributed by atoms with Gasteiger partial charge in [0.1, 0.15) is 11.5 Å². The van der Waals surface area contributed by atoms with Crippen molar-refractivity contribution in [2.75, 3.05) is 12.1 Å². The molecule has 116 valence electrons. The first-order valence-electron chi connectivity index (χ1n) is 7.33. The molecule has 2 aromatic carbocycles. The highest BCUT2D eigenvalue weighted by Crippen LogP contribution is 2.20. The highest BCUT2D eigenvalue weighted by atomic mass is 19.1. The van der Waals surface area contributed by atoms with E-state index in [1.807, 2.05) is 49.0 Å². The predicted octanol–water partition coefficient (Wildman–Crippen LogP) is 2.68. The molecule has 0 radical (unpaired) electrons. The van der Waals surface area contributed by atoms with Crippen LogP contribution < -0.4 is 5.01 Å². The summed E-state index contributed by atoms with van der Waals surface area (Å²) in [6.07, 6.45) is 1.60. The van der Waals surface area contributed by atoms with Crippen LogP contribution in [-0.2, 0) is 4.79 Å². The van der Waals surface area contributed by atoms with Crippen LogP contribution in [-0.4, -0.2) is 35.6 Å². The summed E-state index contributed by atoms with van der Waals surface area (Å²) in [5.41, 5.74) is 2.41. The molecule has 1 heterocycles. The molecule has 1 aliphatic heterocycles. The van der Waals surface area contributed by atoms with Crippen LogP contribution in [0, 0.1) is 5.82 Å². The monoisotopic (exact) mass is 310 g/mol. The third-order valence-corrected chi connectivity index (χ3v) is 3.89. The van der Waals surface area contributed by atoms with Crippen LogP contribution in [0.15, 0.2) is 59.6 Å². The van der Waals surface area contributed by atoms with Crippen molar-refractivity contribution in [3.8, 4) is 0 Å². The van der Waals surface area contributed by atoms with Crippen molar-refractivity contribution >= 4 is 23.5 Å². The van der Waals surface area contributed by atoms with Crippen molar-refractivity contribution in [3.05, 3.63) is 66.0 Å². The number of hydrazine groups is 1. The van der Waals surface area contributed by atoms with Crippen molar-refractivity contribution in [2.24, 2.45) is 4.99 Å². The lowest BCUT2D eigenvalue weighted by Gasteiger charge is -2.10. The van der Waals surface area contributed by atoms with Crippen molar-refractivity contribution in [1.29, 1.82) is 0 Å². The number of aliphatic imine (C=N–C) groups is 1. The quantitative estimate of drug-likeness (QED) is 0.634. The van der Waals surface area contributed by atoms with Gasteiger partial charge in [-0.1, -0.05) is 35.3 Å². The Morgan fingerprint density at radius 2 is 1.78 bits per heavy atom. The summed E-state index contributed by atoms with van der Waals surface area (Å²) in [5.74, 6) is -0.397. The molecule has 4 nitrogen and oxygen atoms in total. The minimum absolute atomic E-state index is 0.102. The van der Waals surface area contributed by atoms with Crippen LogP contribution in [0.5, 0.6) is 0 Å². The number of carbonyl (C=O) groups excluding carboxylic acids is 1. The van der Waals surface area contributed by atoms with Gasteiger partial charge in [-0.2, -0.15) is 0 Å². The Bertz CT molecular complexity index is 782. The van der Waals surface area contributed by atoms with Crippen LogP contribution in [0.4, 0.5) is 10.1 Å². The smallest absolute Gasteiger partial charge is 0.268 e. The molecule has 3 rings (SSSR count). The maximum Gasteiger partial charge on any atom is 0.318 e. The summed E-state index contributed by atoms with van der Waals surface area (Å²) >= 11 is 0. The van der Waals surface area contributed by atoms with Gasteiger partial charge in [-0.05, 0) is 29.8 Å². The van der Waals surface area contributed by atoms with Gasteiger partial charge in [0.05, 0.1) is 0 Å². The highest BCUT2D eigenvalue weighted by Gasteiger charge is 2.44. The van der Waals surface area contributed by atoms with E-state index in [1.54, 1.807) is 23.4 Å². The Labute approximate surface area is 134 Å². The fourth-order valence-electron chi connectivity index (χ4n) is 2.53. The van der Waals surface area contributed by atoms with Crippen LogP contribution in [0.3, 0.4) is 0 Å². The molecule has 1 atom stereocenters. The first kappa shape index (κ1) is 15.1. The third kappa shape index (κ3) is 2.90. The van der Waals surface area contributed by atoms with Crippen LogP contribution in [0.25, 0.3) is 0 Å². The maximum absolute atomic E-state index is 12.9. The minimum Gasteiger partial charge on any atom is -0.268 e. The number of nitrogens with zero attached hydrogens (tertiary/aromatic N) is 3. The molecule has 1 amide bonds. The number of rotatable bonds is 3. The van der Waals surface area contributed by atoms with Gasteiger partial charge in [0.15, 0.2) is 7.05 Å².